The molecule has 1 aromatic carbocycles. The second-order valence-electron chi connectivity index (χ2n) is 5.84. The number of nitrogens with one attached hydrogen (secondary N) is 1. The van der Waals surface area contributed by atoms with E-state index in [2.05, 4.69) is 42.0 Å². The first-order valence-corrected chi connectivity index (χ1v) is 9.08. The van der Waals surface area contributed by atoms with E-state index in [0.717, 1.165) is 23.9 Å². The van der Waals surface area contributed by atoms with Gasteiger partial charge in [0, 0.05) is 10.5 Å². The van der Waals surface area contributed by atoms with E-state index < -0.39 is 0 Å². The molecule has 0 saturated carbocycles. The Morgan fingerprint density at radius 1 is 1.10 bits per heavy atom. The maximum atomic E-state index is 13.2. The molecule has 21 heavy (non-hydrogen) atoms. The monoisotopic (exact) mass is 357 g/mol. The van der Waals surface area contributed by atoms with Gasteiger partial charge in [0.2, 0.25) is 0 Å². The molecule has 1 nitrogen and oxygen atoms in total. The van der Waals surface area contributed by atoms with Crippen molar-refractivity contribution in [3.63, 3.8) is 0 Å². The fraction of sp³-hybridized carbons (Fsp3) is 0.667. The van der Waals surface area contributed by atoms with Gasteiger partial charge in [-0.3, -0.25) is 0 Å². The molecular weight excluding hydrogens is 329 g/mol. The van der Waals surface area contributed by atoms with Crippen molar-refractivity contribution >= 4 is 15.9 Å². The van der Waals surface area contributed by atoms with Crippen LogP contribution < -0.4 is 5.32 Å². The van der Waals surface area contributed by atoms with E-state index in [-0.39, 0.29) is 5.82 Å². The zero-order valence-corrected chi connectivity index (χ0v) is 15.2. The van der Waals surface area contributed by atoms with Crippen molar-refractivity contribution in [2.24, 2.45) is 5.92 Å². The van der Waals surface area contributed by atoms with E-state index in [1.165, 1.54) is 31.2 Å². The highest BCUT2D eigenvalue weighted by Crippen LogP contribution is 2.25. The average Bonchev–Trinajstić information content (AvgIpc) is 2.45. The van der Waals surface area contributed by atoms with Gasteiger partial charge in [0.05, 0.1) is 0 Å². The van der Waals surface area contributed by atoms with Gasteiger partial charge in [-0.25, -0.2) is 4.39 Å². The van der Waals surface area contributed by atoms with E-state index in [0.29, 0.717) is 12.0 Å². The van der Waals surface area contributed by atoms with Crippen LogP contribution in [-0.2, 0) is 6.42 Å². The van der Waals surface area contributed by atoms with Crippen LogP contribution in [0.15, 0.2) is 22.7 Å². The first-order chi connectivity index (χ1) is 10.1. The van der Waals surface area contributed by atoms with Crippen molar-refractivity contribution in [3.8, 4) is 0 Å². The molecule has 0 aliphatic carbocycles. The van der Waals surface area contributed by atoms with Gasteiger partial charge in [0.15, 0.2) is 0 Å². The average molecular weight is 358 g/mol. The quantitative estimate of drug-likeness (QED) is 0.564. The molecule has 1 aromatic rings. The van der Waals surface area contributed by atoms with Gasteiger partial charge in [-0.1, -0.05) is 55.6 Å². The molecule has 1 unspecified atom stereocenters. The molecule has 0 amide bonds. The van der Waals surface area contributed by atoms with Crippen molar-refractivity contribution < 1.29 is 4.39 Å². The summed E-state index contributed by atoms with van der Waals surface area (Å²) in [6.07, 6.45) is 7.07. The van der Waals surface area contributed by atoms with Gasteiger partial charge in [-0.2, -0.15) is 0 Å². The molecule has 1 atom stereocenters. The zero-order chi connectivity index (χ0) is 15.7. The van der Waals surface area contributed by atoms with Crippen molar-refractivity contribution in [3.05, 3.63) is 34.1 Å². The minimum atomic E-state index is -0.178. The standard InChI is InChI=1S/C18H29BrFN/c1-4-7-14(8-5-2)18(21-11-6-3)12-15-9-10-16(20)13-17(15)19/h9-10,13-14,18,21H,4-8,11-12H2,1-3H3. The van der Waals surface area contributed by atoms with Crippen LogP contribution in [0.25, 0.3) is 0 Å². The molecule has 120 valence electrons. The van der Waals surface area contributed by atoms with Crippen LogP contribution in [0.2, 0.25) is 0 Å². The van der Waals surface area contributed by atoms with Gasteiger partial charge in [-0.15, -0.1) is 0 Å². The first kappa shape index (κ1) is 18.6. The highest BCUT2D eigenvalue weighted by atomic mass is 79.9. The second-order valence-corrected chi connectivity index (χ2v) is 6.69. The Morgan fingerprint density at radius 3 is 2.29 bits per heavy atom. The first-order valence-electron chi connectivity index (χ1n) is 8.29. The van der Waals surface area contributed by atoms with E-state index in [1.54, 1.807) is 12.1 Å². The number of hydrogen-bond acceptors (Lipinski definition) is 1. The molecular formula is C18H29BrFN. The van der Waals surface area contributed by atoms with Crippen LogP contribution in [0, 0.1) is 11.7 Å². The van der Waals surface area contributed by atoms with Crippen molar-refractivity contribution in [1.29, 1.82) is 0 Å². The van der Waals surface area contributed by atoms with E-state index in [1.807, 2.05) is 6.07 Å². The molecule has 0 spiro atoms. The molecule has 0 radical (unpaired) electrons. The molecule has 0 aliphatic rings. The summed E-state index contributed by atoms with van der Waals surface area (Å²) in [4.78, 5) is 0. The summed E-state index contributed by atoms with van der Waals surface area (Å²) in [7, 11) is 0. The third kappa shape index (κ3) is 6.48. The van der Waals surface area contributed by atoms with Gasteiger partial charge >= 0.3 is 0 Å². The van der Waals surface area contributed by atoms with Gasteiger partial charge in [0.25, 0.3) is 0 Å². The number of rotatable bonds is 10. The van der Waals surface area contributed by atoms with Crippen LogP contribution in [0.1, 0.15) is 58.4 Å². The van der Waals surface area contributed by atoms with Gasteiger partial charge < -0.3 is 5.32 Å². The van der Waals surface area contributed by atoms with Crippen molar-refractivity contribution in [2.45, 2.75) is 65.3 Å². The topological polar surface area (TPSA) is 12.0 Å². The SMILES string of the molecule is CCCNC(Cc1ccc(F)cc1Br)C(CCC)CCC. The Labute approximate surface area is 137 Å². The minimum absolute atomic E-state index is 0.178. The molecule has 0 fully saturated rings. The molecule has 0 aromatic heterocycles. The Hall–Kier alpha value is -0.410. The maximum absolute atomic E-state index is 13.2. The summed E-state index contributed by atoms with van der Waals surface area (Å²) >= 11 is 3.50. The molecule has 0 bridgehead atoms. The Bertz CT molecular complexity index is 402. The summed E-state index contributed by atoms with van der Waals surface area (Å²) in [5.41, 5.74) is 1.20. The van der Waals surface area contributed by atoms with Crippen molar-refractivity contribution in [1.82, 2.24) is 5.32 Å². The van der Waals surface area contributed by atoms with Gasteiger partial charge in [0.1, 0.15) is 5.82 Å². The largest absolute Gasteiger partial charge is 0.313 e. The Morgan fingerprint density at radius 2 is 1.76 bits per heavy atom. The lowest BCUT2D eigenvalue weighted by molar-refractivity contribution is 0.308. The van der Waals surface area contributed by atoms with Gasteiger partial charge in [-0.05, 0) is 55.8 Å². The maximum Gasteiger partial charge on any atom is 0.124 e. The highest BCUT2D eigenvalue weighted by Gasteiger charge is 2.21. The lowest BCUT2D eigenvalue weighted by atomic mass is 9.86. The lowest BCUT2D eigenvalue weighted by Crippen LogP contribution is -2.38. The minimum Gasteiger partial charge on any atom is -0.313 e. The number of halogens is 2. The number of hydrogen-bond donors (Lipinski definition) is 1. The van der Waals surface area contributed by atoms with E-state index in [4.69, 9.17) is 0 Å². The predicted octanol–water partition coefficient (Wildman–Crippen LogP) is 5.72. The normalized spacial score (nSPS) is 12.9. The Balaban J connectivity index is 2.84. The van der Waals surface area contributed by atoms with Crippen LogP contribution in [0.5, 0.6) is 0 Å². The third-order valence-electron chi connectivity index (χ3n) is 4.00. The summed E-state index contributed by atoms with van der Waals surface area (Å²) in [6, 6.07) is 5.52. The van der Waals surface area contributed by atoms with Crippen LogP contribution in [0.4, 0.5) is 4.39 Å². The number of benzene rings is 1. The summed E-state index contributed by atoms with van der Waals surface area (Å²) in [5, 5.41) is 3.71. The summed E-state index contributed by atoms with van der Waals surface area (Å²) in [6.45, 7) is 7.76. The molecule has 0 aliphatic heterocycles. The molecule has 0 saturated heterocycles. The summed E-state index contributed by atoms with van der Waals surface area (Å²) in [5.74, 6) is 0.519. The second kappa shape index (κ2) is 10.3. The van der Waals surface area contributed by atoms with E-state index in [9.17, 15) is 4.39 Å². The fourth-order valence-electron chi connectivity index (χ4n) is 2.95. The van der Waals surface area contributed by atoms with E-state index >= 15 is 0 Å². The van der Waals surface area contributed by atoms with Crippen LogP contribution in [-0.4, -0.2) is 12.6 Å². The zero-order valence-electron chi connectivity index (χ0n) is 13.6. The molecule has 0 heterocycles. The van der Waals surface area contributed by atoms with Crippen molar-refractivity contribution in [2.75, 3.05) is 6.54 Å². The lowest BCUT2D eigenvalue weighted by Gasteiger charge is -2.28. The van der Waals surface area contributed by atoms with Crippen LogP contribution >= 0.6 is 15.9 Å². The Kier molecular flexibility index (Phi) is 9.18. The van der Waals surface area contributed by atoms with Crippen LogP contribution in [0.3, 0.4) is 0 Å². The fourth-order valence-corrected chi connectivity index (χ4v) is 3.46. The smallest absolute Gasteiger partial charge is 0.124 e. The predicted molar refractivity (Wildman–Crippen MR) is 93.2 cm³/mol. The molecule has 3 heteroatoms. The molecule has 1 rings (SSSR count). The summed E-state index contributed by atoms with van der Waals surface area (Å²) < 4.78 is 14.1. The third-order valence-corrected chi connectivity index (χ3v) is 4.74. The highest BCUT2D eigenvalue weighted by molar-refractivity contribution is 9.10. The molecule has 1 N–H and O–H groups in total.